The molecule has 6 heteroatoms. The van der Waals surface area contributed by atoms with Gasteiger partial charge in [0.2, 0.25) is 0 Å². The van der Waals surface area contributed by atoms with Gasteiger partial charge in [-0.15, -0.1) is 0 Å². The fourth-order valence-corrected chi connectivity index (χ4v) is 2.70. The second-order valence-electron chi connectivity index (χ2n) is 6.14. The van der Waals surface area contributed by atoms with Crippen molar-refractivity contribution in [2.45, 2.75) is 32.9 Å². The fraction of sp³-hybridized carbons (Fsp3) is 0.529. The molecule has 0 spiro atoms. The average Bonchev–Trinajstić information content (AvgIpc) is 2.52. The first-order chi connectivity index (χ1) is 11.0. The molecule has 0 radical (unpaired) electrons. The molecule has 1 saturated heterocycles. The highest BCUT2D eigenvalue weighted by Gasteiger charge is 2.27. The third-order valence-corrected chi connectivity index (χ3v) is 3.83. The van der Waals surface area contributed by atoms with E-state index in [0.29, 0.717) is 31.2 Å². The number of rotatable bonds is 4. The molecule has 0 bridgehead atoms. The van der Waals surface area contributed by atoms with Crippen molar-refractivity contribution in [3.8, 4) is 6.07 Å². The summed E-state index contributed by atoms with van der Waals surface area (Å²) in [5, 5.41) is 11.5. The number of urea groups is 1. The lowest BCUT2D eigenvalue weighted by atomic mass is 10.0. The lowest BCUT2D eigenvalue weighted by molar-refractivity contribution is 0.00551. The van der Waals surface area contributed by atoms with Crippen LogP contribution in [0, 0.1) is 23.1 Å². The zero-order valence-electron chi connectivity index (χ0n) is 13.5. The van der Waals surface area contributed by atoms with Crippen molar-refractivity contribution in [3.63, 3.8) is 0 Å². The Morgan fingerprint density at radius 3 is 3.00 bits per heavy atom. The predicted molar refractivity (Wildman–Crippen MR) is 84.1 cm³/mol. The van der Waals surface area contributed by atoms with E-state index in [1.54, 1.807) is 17.0 Å². The van der Waals surface area contributed by atoms with Crippen LogP contribution in [-0.2, 0) is 11.3 Å². The minimum Gasteiger partial charge on any atom is -0.377 e. The molecular formula is C17H22FN3O2. The Bertz CT molecular complexity index is 598. The zero-order valence-corrected chi connectivity index (χ0v) is 13.5. The third-order valence-electron chi connectivity index (χ3n) is 3.83. The highest BCUT2D eigenvalue weighted by Crippen LogP contribution is 2.16. The van der Waals surface area contributed by atoms with Gasteiger partial charge in [0.25, 0.3) is 0 Å². The van der Waals surface area contributed by atoms with Gasteiger partial charge >= 0.3 is 6.03 Å². The van der Waals surface area contributed by atoms with Gasteiger partial charge in [-0.3, -0.25) is 0 Å². The molecule has 1 atom stereocenters. The fourth-order valence-electron chi connectivity index (χ4n) is 2.70. The van der Waals surface area contributed by atoms with Crippen LogP contribution in [0.2, 0.25) is 0 Å². The van der Waals surface area contributed by atoms with E-state index in [0.717, 1.165) is 6.42 Å². The molecule has 1 fully saturated rings. The second kappa shape index (κ2) is 7.93. The van der Waals surface area contributed by atoms with E-state index >= 15 is 0 Å². The van der Waals surface area contributed by atoms with Crippen molar-refractivity contribution in [1.82, 2.24) is 10.2 Å². The number of carbonyl (C=O) groups is 1. The zero-order chi connectivity index (χ0) is 16.8. The maximum atomic E-state index is 13.6. The lowest BCUT2D eigenvalue weighted by Crippen LogP contribution is -2.52. The molecule has 0 aromatic heterocycles. The molecule has 1 aromatic carbocycles. The first-order valence-electron chi connectivity index (χ1n) is 7.82. The highest BCUT2D eigenvalue weighted by atomic mass is 19.1. The number of hydrogen-bond donors (Lipinski definition) is 1. The van der Waals surface area contributed by atoms with E-state index in [-0.39, 0.29) is 24.2 Å². The van der Waals surface area contributed by atoms with Crippen LogP contribution in [0.3, 0.4) is 0 Å². The van der Waals surface area contributed by atoms with E-state index in [1.165, 1.54) is 12.1 Å². The van der Waals surface area contributed by atoms with Crippen molar-refractivity contribution in [2.75, 3.05) is 19.8 Å². The summed E-state index contributed by atoms with van der Waals surface area (Å²) in [5.41, 5.74) is 0.633. The largest absolute Gasteiger partial charge is 0.377 e. The van der Waals surface area contributed by atoms with Crippen LogP contribution in [0.5, 0.6) is 0 Å². The quantitative estimate of drug-likeness (QED) is 0.928. The van der Waals surface area contributed by atoms with Gasteiger partial charge in [0.05, 0.1) is 24.8 Å². The van der Waals surface area contributed by atoms with E-state index < -0.39 is 5.82 Å². The average molecular weight is 319 g/mol. The van der Waals surface area contributed by atoms with Crippen molar-refractivity contribution < 1.29 is 13.9 Å². The first-order valence-corrected chi connectivity index (χ1v) is 7.82. The van der Waals surface area contributed by atoms with Gasteiger partial charge in [0.1, 0.15) is 11.9 Å². The van der Waals surface area contributed by atoms with Crippen molar-refractivity contribution in [2.24, 2.45) is 5.92 Å². The number of amides is 2. The number of carbonyl (C=O) groups excluding carboxylic acids is 1. The van der Waals surface area contributed by atoms with Crippen LogP contribution in [0.15, 0.2) is 18.2 Å². The van der Waals surface area contributed by atoms with E-state index in [9.17, 15) is 9.18 Å². The maximum absolute atomic E-state index is 13.6. The molecule has 1 N–H and O–H groups in total. The molecule has 1 aromatic rings. The number of halogens is 1. The normalized spacial score (nSPS) is 17.9. The second-order valence-corrected chi connectivity index (χ2v) is 6.14. The third kappa shape index (κ3) is 4.67. The minimum atomic E-state index is -0.566. The van der Waals surface area contributed by atoms with Gasteiger partial charge in [-0.2, -0.15) is 5.26 Å². The molecule has 2 amide bonds. The van der Waals surface area contributed by atoms with Crippen LogP contribution >= 0.6 is 0 Å². The summed E-state index contributed by atoms with van der Waals surface area (Å²) >= 11 is 0. The molecule has 1 aliphatic rings. The Morgan fingerprint density at radius 1 is 1.57 bits per heavy atom. The number of morpholine rings is 1. The van der Waals surface area contributed by atoms with Crippen molar-refractivity contribution in [3.05, 3.63) is 35.1 Å². The summed E-state index contributed by atoms with van der Waals surface area (Å²) < 4.78 is 19.0. The lowest BCUT2D eigenvalue weighted by Gasteiger charge is -2.36. The molecule has 1 aliphatic heterocycles. The van der Waals surface area contributed by atoms with Crippen LogP contribution in [0.25, 0.3) is 0 Å². The van der Waals surface area contributed by atoms with Crippen molar-refractivity contribution in [1.29, 1.82) is 5.26 Å². The molecule has 2 rings (SSSR count). The van der Waals surface area contributed by atoms with E-state index in [4.69, 9.17) is 10.00 Å². The monoisotopic (exact) mass is 319 g/mol. The number of benzene rings is 1. The van der Waals surface area contributed by atoms with Crippen LogP contribution in [0.1, 0.15) is 31.4 Å². The summed E-state index contributed by atoms with van der Waals surface area (Å²) in [7, 11) is 0. The maximum Gasteiger partial charge on any atom is 0.318 e. The molecule has 5 nitrogen and oxygen atoms in total. The molecule has 0 aliphatic carbocycles. The standard InChI is InChI=1S/C17H22FN3O2/c1-12(2)7-15-11-23-6-5-21(15)17(22)20-10-13-3-4-14(9-19)16(18)8-13/h3-4,8,12,15H,5-7,10-11H2,1-2H3,(H,20,22)/t15-/m0/s1. The Kier molecular flexibility index (Phi) is 5.94. The van der Waals surface area contributed by atoms with Gasteiger partial charge < -0.3 is 15.0 Å². The van der Waals surface area contributed by atoms with Gasteiger partial charge in [0, 0.05) is 13.1 Å². The molecule has 23 heavy (non-hydrogen) atoms. The number of nitrogens with one attached hydrogen (secondary N) is 1. The van der Waals surface area contributed by atoms with E-state index in [1.807, 2.05) is 0 Å². The Hall–Kier alpha value is -2.13. The van der Waals surface area contributed by atoms with Crippen LogP contribution in [-0.4, -0.2) is 36.7 Å². The molecule has 0 unspecified atom stereocenters. The molecule has 0 saturated carbocycles. The number of nitriles is 1. The number of ether oxygens (including phenoxy) is 1. The van der Waals surface area contributed by atoms with Gasteiger partial charge in [0.15, 0.2) is 0 Å². The Balaban J connectivity index is 1.95. The SMILES string of the molecule is CC(C)C[C@H]1COCCN1C(=O)NCc1ccc(C#N)c(F)c1. The smallest absolute Gasteiger partial charge is 0.318 e. The van der Waals surface area contributed by atoms with E-state index in [2.05, 4.69) is 19.2 Å². The minimum absolute atomic E-state index is 0.00486. The summed E-state index contributed by atoms with van der Waals surface area (Å²) in [6, 6.07) is 6.04. The highest BCUT2D eigenvalue weighted by molar-refractivity contribution is 5.74. The van der Waals surface area contributed by atoms with Gasteiger partial charge in [-0.25, -0.2) is 9.18 Å². The first kappa shape index (κ1) is 17.2. The Morgan fingerprint density at radius 2 is 2.35 bits per heavy atom. The Labute approximate surface area is 136 Å². The van der Waals surface area contributed by atoms with Crippen molar-refractivity contribution >= 4 is 6.03 Å². The summed E-state index contributed by atoms with van der Waals surface area (Å²) in [4.78, 5) is 14.2. The van der Waals surface area contributed by atoms with Gasteiger partial charge in [-0.1, -0.05) is 19.9 Å². The van der Waals surface area contributed by atoms with Gasteiger partial charge in [-0.05, 0) is 30.0 Å². The topological polar surface area (TPSA) is 65.4 Å². The molecule has 124 valence electrons. The molecule has 1 heterocycles. The molecular weight excluding hydrogens is 297 g/mol. The predicted octanol–water partition coefficient (Wildman–Crippen LogP) is 2.65. The summed E-state index contributed by atoms with van der Waals surface area (Å²) in [5.74, 6) is -0.0899. The summed E-state index contributed by atoms with van der Waals surface area (Å²) in [6.45, 7) is 6.11. The summed E-state index contributed by atoms with van der Waals surface area (Å²) in [6.07, 6.45) is 0.888. The van der Waals surface area contributed by atoms with Crippen LogP contribution in [0.4, 0.5) is 9.18 Å². The van der Waals surface area contributed by atoms with Crippen LogP contribution < -0.4 is 5.32 Å². The number of hydrogen-bond acceptors (Lipinski definition) is 3. The number of nitrogens with zero attached hydrogens (tertiary/aromatic N) is 2.